The van der Waals surface area contributed by atoms with Gasteiger partial charge in [-0.15, -0.1) is 0 Å². The van der Waals surface area contributed by atoms with Crippen molar-refractivity contribution < 1.29 is 23.9 Å². The third-order valence-corrected chi connectivity index (χ3v) is 3.11. The average molecular weight is 459 g/mol. The van der Waals surface area contributed by atoms with Crippen molar-refractivity contribution in [2.45, 2.75) is 20.8 Å². The molecule has 0 radical (unpaired) electrons. The predicted octanol–water partition coefficient (Wildman–Crippen LogP) is 5.99. The molecule has 172 valence electrons. The molecule has 0 N–H and O–H groups in total. The van der Waals surface area contributed by atoms with Crippen LogP contribution in [-0.4, -0.2) is 30.4 Å². The van der Waals surface area contributed by atoms with Crippen molar-refractivity contribution >= 4 is 34.9 Å². The summed E-state index contributed by atoms with van der Waals surface area (Å²) in [5.74, 6) is -0.962. The molecule has 0 bridgehead atoms. The number of carbonyl (C=O) groups excluding carboxylic acids is 3. The second-order valence-corrected chi connectivity index (χ2v) is 6.39. The molecule has 0 saturated heterocycles. The van der Waals surface area contributed by atoms with Gasteiger partial charge in [-0.2, -0.15) is 0 Å². The topological polar surface area (TPSA) is 69.7 Å². The summed E-state index contributed by atoms with van der Waals surface area (Å²) in [6, 6.07) is 10.3. The second-order valence-electron chi connectivity index (χ2n) is 6.02. The van der Waals surface area contributed by atoms with Gasteiger partial charge in [0.15, 0.2) is 0 Å². The quantitative estimate of drug-likeness (QED) is 0.149. The third-order valence-electron chi connectivity index (χ3n) is 2.98. The lowest BCUT2D eigenvalue weighted by molar-refractivity contribution is -0.138. The molecule has 0 heterocycles. The molecule has 0 unspecified atom stereocenters. The van der Waals surface area contributed by atoms with E-state index in [1.54, 1.807) is 6.92 Å². The average Bonchev–Trinajstić information content (AvgIpc) is 2.77. The van der Waals surface area contributed by atoms with Gasteiger partial charge in [0, 0.05) is 6.08 Å². The summed E-state index contributed by atoms with van der Waals surface area (Å²) < 4.78 is 9.06. The zero-order valence-electron chi connectivity index (χ0n) is 18.9. The Morgan fingerprint density at radius 3 is 2.09 bits per heavy atom. The highest BCUT2D eigenvalue weighted by molar-refractivity contribution is 6.66. The Hall–Kier alpha value is -3.44. The monoisotopic (exact) mass is 458 g/mol. The molecule has 1 aromatic carbocycles. The van der Waals surface area contributed by atoms with Gasteiger partial charge >= 0.3 is 11.9 Å². The molecule has 0 aliphatic heterocycles. The number of carbonyl (C=O) groups is 3. The van der Waals surface area contributed by atoms with E-state index in [9.17, 15) is 14.4 Å². The van der Waals surface area contributed by atoms with E-state index in [0.29, 0.717) is 6.61 Å². The number of rotatable bonds is 9. The first-order valence-corrected chi connectivity index (χ1v) is 10.1. The van der Waals surface area contributed by atoms with Crippen molar-refractivity contribution in [2.24, 2.45) is 0 Å². The van der Waals surface area contributed by atoms with Gasteiger partial charge in [-0.1, -0.05) is 79.9 Å². The Kier molecular flexibility index (Phi) is 20.0. The summed E-state index contributed by atoms with van der Waals surface area (Å²) in [5, 5.41) is -0.669. The first-order chi connectivity index (χ1) is 15.2. The zero-order valence-corrected chi connectivity index (χ0v) is 19.6. The Morgan fingerprint density at radius 2 is 1.66 bits per heavy atom. The van der Waals surface area contributed by atoms with E-state index in [1.807, 2.05) is 18.2 Å². The first kappa shape index (κ1) is 30.8. The SMILES string of the molecule is C=CC(=O)OCC.C=CCOC(=O)C(=C)C=CC(=O)Cl.CC(C)=CC=Cc1ccccc1. The van der Waals surface area contributed by atoms with Gasteiger partial charge in [0.25, 0.3) is 0 Å². The fourth-order valence-electron chi connectivity index (χ4n) is 1.58. The van der Waals surface area contributed by atoms with Crippen molar-refractivity contribution in [2.75, 3.05) is 13.2 Å². The minimum Gasteiger partial charge on any atom is -0.463 e. The molecule has 0 aliphatic rings. The van der Waals surface area contributed by atoms with E-state index >= 15 is 0 Å². The minimum atomic E-state index is -0.669. The number of esters is 2. The van der Waals surface area contributed by atoms with Crippen LogP contribution in [0.25, 0.3) is 6.08 Å². The van der Waals surface area contributed by atoms with Crippen LogP contribution in [0.5, 0.6) is 0 Å². The smallest absolute Gasteiger partial charge is 0.337 e. The fraction of sp³-hybridized carbons (Fsp3) is 0.192. The van der Waals surface area contributed by atoms with Gasteiger partial charge in [-0.25, -0.2) is 9.59 Å². The Bertz CT molecular complexity index is 829. The molecule has 1 rings (SSSR count). The summed E-state index contributed by atoms with van der Waals surface area (Å²) in [5.41, 5.74) is 2.63. The molecule has 0 fully saturated rings. The molecule has 0 amide bonds. The number of halogens is 1. The highest BCUT2D eigenvalue weighted by Gasteiger charge is 2.03. The molecule has 6 heteroatoms. The van der Waals surface area contributed by atoms with Gasteiger partial charge in [0.05, 0.1) is 12.2 Å². The van der Waals surface area contributed by atoms with Gasteiger partial charge in [-0.3, -0.25) is 4.79 Å². The van der Waals surface area contributed by atoms with E-state index in [4.69, 9.17) is 11.6 Å². The highest BCUT2D eigenvalue weighted by Crippen LogP contribution is 2.01. The summed E-state index contributed by atoms with van der Waals surface area (Å²) in [6.45, 7) is 16.4. The van der Waals surface area contributed by atoms with Crippen LogP contribution in [0.2, 0.25) is 0 Å². The van der Waals surface area contributed by atoms with Gasteiger partial charge in [-0.05, 0) is 50.1 Å². The second kappa shape index (κ2) is 20.8. The number of ether oxygens (including phenoxy) is 2. The molecule has 0 spiro atoms. The molecule has 0 aliphatic carbocycles. The Balaban J connectivity index is 0. The maximum Gasteiger partial charge on any atom is 0.337 e. The molecule has 0 saturated carbocycles. The van der Waals surface area contributed by atoms with Gasteiger partial charge in [0.1, 0.15) is 6.61 Å². The van der Waals surface area contributed by atoms with Crippen LogP contribution in [0.1, 0.15) is 26.3 Å². The van der Waals surface area contributed by atoms with Crippen molar-refractivity contribution in [1.29, 1.82) is 0 Å². The number of allylic oxidation sites excluding steroid dienone is 4. The number of benzene rings is 1. The lowest BCUT2D eigenvalue weighted by Gasteiger charge is -1.99. The first-order valence-electron chi connectivity index (χ1n) is 9.68. The number of hydrogen-bond acceptors (Lipinski definition) is 5. The molecular formula is C26H31ClO5. The fourth-order valence-corrected chi connectivity index (χ4v) is 1.64. The largest absolute Gasteiger partial charge is 0.463 e. The van der Waals surface area contributed by atoms with Crippen LogP contribution in [0.15, 0.2) is 97.7 Å². The molecule has 0 aromatic heterocycles. The summed E-state index contributed by atoms with van der Waals surface area (Å²) in [7, 11) is 0. The van der Waals surface area contributed by atoms with Crippen LogP contribution >= 0.6 is 11.6 Å². The molecule has 5 nitrogen and oxygen atoms in total. The van der Waals surface area contributed by atoms with Crippen molar-refractivity contribution in [3.63, 3.8) is 0 Å². The Labute approximate surface area is 196 Å². The summed E-state index contributed by atoms with van der Waals surface area (Å²) in [4.78, 5) is 31.3. The Morgan fingerprint density at radius 1 is 1.03 bits per heavy atom. The zero-order chi connectivity index (χ0) is 24.8. The number of hydrogen-bond donors (Lipinski definition) is 0. The molecular weight excluding hydrogens is 428 g/mol. The van der Waals surface area contributed by atoms with Crippen LogP contribution < -0.4 is 0 Å². The molecule has 0 atom stereocenters. The highest BCUT2D eigenvalue weighted by atomic mass is 35.5. The van der Waals surface area contributed by atoms with Crippen molar-refractivity contribution in [3.05, 3.63) is 103 Å². The van der Waals surface area contributed by atoms with E-state index in [-0.39, 0.29) is 18.1 Å². The standard InChI is InChI=1S/C12H14.C9H9ClO3.C5H8O2/c1-11(2)7-6-10-12-8-4-3-5-9-12;1-3-6-13-9(12)7(2)4-5-8(10)11;1-3-5(6)7-4-2/h3-10H,1-2H3;3-5H,1-2,6H2;3H,1,4H2,2H3. The molecule has 32 heavy (non-hydrogen) atoms. The van der Waals surface area contributed by atoms with Gasteiger partial charge < -0.3 is 9.47 Å². The van der Waals surface area contributed by atoms with Gasteiger partial charge in [0.2, 0.25) is 5.24 Å². The minimum absolute atomic E-state index is 0.0656. The summed E-state index contributed by atoms with van der Waals surface area (Å²) in [6.07, 6.45) is 11.1. The van der Waals surface area contributed by atoms with E-state index in [1.165, 1.54) is 23.3 Å². The lowest BCUT2D eigenvalue weighted by Crippen LogP contribution is -2.05. The maximum absolute atomic E-state index is 10.9. The van der Waals surface area contributed by atoms with Crippen LogP contribution in [0, 0.1) is 0 Å². The molecule has 1 aromatic rings. The van der Waals surface area contributed by atoms with Crippen LogP contribution in [0.3, 0.4) is 0 Å². The van der Waals surface area contributed by atoms with E-state index < -0.39 is 11.2 Å². The van der Waals surface area contributed by atoms with E-state index in [0.717, 1.165) is 12.2 Å². The van der Waals surface area contributed by atoms with Crippen LogP contribution in [0.4, 0.5) is 0 Å². The lowest BCUT2D eigenvalue weighted by atomic mass is 10.2. The van der Waals surface area contributed by atoms with E-state index in [2.05, 4.69) is 73.4 Å². The van der Waals surface area contributed by atoms with Crippen molar-refractivity contribution in [3.8, 4) is 0 Å². The van der Waals surface area contributed by atoms with Crippen molar-refractivity contribution in [1.82, 2.24) is 0 Å². The predicted molar refractivity (Wildman–Crippen MR) is 132 cm³/mol. The maximum atomic E-state index is 10.9. The normalized spacial score (nSPS) is 9.38. The summed E-state index contributed by atoms with van der Waals surface area (Å²) >= 11 is 5.00. The van der Waals surface area contributed by atoms with Crippen LogP contribution in [-0.2, 0) is 23.9 Å². The third kappa shape index (κ3) is 21.3.